The number of aliphatic hydroxyl groups excluding tert-OH is 5. The monoisotopic (exact) mass is 902 g/mol. The summed E-state index contributed by atoms with van der Waals surface area (Å²) in [6.07, 6.45) is 53.0. The first-order valence-corrected chi connectivity index (χ1v) is 26.5. The second-order valence-corrected chi connectivity index (χ2v) is 18.3. The van der Waals surface area contributed by atoms with E-state index in [1.807, 2.05) is 0 Å². The molecule has 1 aliphatic rings. The summed E-state index contributed by atoms with van der Waals surface area (Å²) in [4.78, 5) is 12.9. The Hall–Kier alpha value is -2.11. The van der Waals surface area contributed by atoms with Gasteiger partial charge in [0.05, 0.1) is 25.4 Å². The predicted octanol–water partition coefficient (Wildman–Crippen LogP) is 12.3. The molecule has 1 aliphatic heterocycles. The van der Waals surface area contributed by atoms with Gasteiger partial charge >= 0.3 is 0 Å². The number of rotatable bonds is 44. The van der Waals surface area contributed by atoms with Crippen molar-refractivity contribution in [3.63, 3.8) is 0 Å². The van der Waals surface area contributed by atoms with Gasteiger partial charge < -0.3 is 40.3 Å². The number of carbonyl (C=O) groups excluding carboxylic acids is 1. The van der Waals surface area contributed by atoms with Crippen molar-refractivity contribution in [1.82, 2.24) is 5.32 Å². The lowest BCUT2D eigenvalue weighted by Crippen LogP contribution is -2.60. The third-order valence-electron chi connectivity index (χ3n) is 12.4. The van der Waals surface area contributed by atoms with Crippen LogP contribution in [0.25, 0.3) is 0 Å². The van der Waals surface area contributed by atoms with E-state index in [0.717, 1.165) is 70.6 Å². The van der Waals surface area contributed by atoms with Crippen LogP contribution in [0, 0.1) is 0 Å². The summed E-state index contributed by atoms with van der Waals surface area (Å²) in [7, 11) is 0. The van der Waals surface area contributed by atoms with Gasteiger partial charge in [-0.05, 0) is 57.8 Å². The zero-order valence-electron chi connectivity index (χ0n) is 41.0. The molecule has 0 radical (unpaired) electrons. The van der Waals surface area contributed by atoms with E-state index in [1.54, 1.807) is 0 Å². The van der Waals surface area contributed by atoms with Gasteiger partial charge in [0.1, 0.15) is 24.4 Å². The molecule has 0 aromatic heterocycles. The fourth-order valence-electron chi connectivity index (χ4n) is 8.19. The van der Waals surface area contributed by atoms with Crippen molar-refractivity contribution < 1.29 is 39.8 Å². The Bertz CT molecular complexity index is 1180. The summed E-state index contributed by atoms with van der Waals surface area (Å²) in [6, 6.07) is -0.715. The molecule has 1 heterocycles. The Labute approximate surface area is 392 Å². The van der Waals surface area contributed by atoms with E-state index in [-0.39, 0.29) is 12.5 Å². The van der Waals surface area contributed by atoms with Gasteiger partial charge in [0, 0.05) is 6.42 Å². The van der Waals surface area contributed by atoms with E-state index in [9.17, 15) is 30.3 Å². The van der Waals surface area contributed by atoms with E-state index in [2.05, 4.69) is 79.9 Å². The molecule has 9 heteroatoms. The highest BCUT2D eigenvalue weighted by Crippen LogP contribution is 2.23. The normalized spacial score (nSPS) is 20.5. The molecule has 0 saturated carbocycles. The summed E-state index contributed by atoms with van der Waals surface area (Å²) in [5.74, 6) is -0.149. The first kappa shape index (κ1) is 59.9. The number of unbranched alkanes of at least 4 members (excludes halogenated alkanes) is 24. The Morgan fingerprint density at radius 1 is 0.547 bits per heavy atom. The molecule has 1 fully saturated rings. The lowest BCUT2D eigenvalue weighted by Gasteiger charge is -2.40. The van der Waals surface area contributed by atoms with Crippen LogP contribution in [-0.2, 0) is 14.3 Å². The molecule has 1 saturated heterocycles. The van der Waals surface area contributed by atoms with Crippen LogP contribution in [0.15, 0.2) is 60.8 Å². The molecule has 0 aromatic carbocycles. The average molecular weight is 902 g/mol. The van der Waals surface area contributed by atoms with Gasteiger partial charge in [0.25, 0.3) is 0 Å². The molecular weight excluding hydrogens is 803 g/mol. The van der Waals surface area contributed by atoms with Crippen LogP contribution >= 0.6 is 0 Å². The number of ether oxygens (including phenoxy) is 2. The molecule has 6 N–H and O–H groups in total. The highest BCUT2D eigenvalue weighted by Gasteiger charge is 2.44. The molecule has 372 valence electrons. The van der Waals surface area contributed by atoms with Crippen LogP contribution in [0.3, 0.4) is 0 Å². The van der Waals surface area contributed by atoms with Crippen molar-refractivity contribution in [2.75, 3.05) is 13.2 Å². The fourth-order valence-corrected chi connectivity index (χ4v) is 8.19. The van der Waals surface area contributed by atoms with Gasteiger partial charge in [-0.15, -0.1) is 0 Å². The Balaban J connectivity index is 2.01. The number of allylic oxidation sites excluding steroid dienone is 10. The number of carbonyl (C=O) groups is 1. The second-order valence-electron chi connectivity index (χ2n) is 18.3. The fraction of sp³-hybridized carbons (Fsp3) is 0.800. The van der Waals surface area contributed by atoms with E-state index < -0.39 is 49.5 Å². The largest absolute Gasteiger partial charge is 0.394 e. The average Bonchev–Trinajstić information content (AvgIpc) is 3.29. The molecule has 0 aromatic rings. The Morgan fingerprint density at radius 2 is 0.969 bits per heavy atom. The molecule has 0 aliphatic carbocycles. The maximum absolute atomic E-state index is 12.9. The SMILES string of the molecule is CC/C=C\C/C=C\C/C=C\C/C=C\C/C=C\CCCCCCCCCCCCCCCCCCCCCC(=O)NC(COC1OC(CO)C(O)C(O)C1O)C(O)CCCCCCCC. The van der Waals surface area contributed by atoms with Crippen molar-refractivity contribution in [3.8, 4) is 0 Å². The molecule has 1 rings (SSSR count). The third kappa shape index (κ3) is 34.2. The van der Waals surface area contributed by atoms with Crippen molar-refractivity contribution in [3.05, 3.63) is 60.8 Å². The molecule has 1 amide bonds. The van der Waals surface area contributed by atoms with Crippen LogP contribution in [0.1, 0.15) is 226 Å². The molecular formula is C55H99NO8. The van der Waals surface area contributed by atoms with Gasteiger partial charge in [-0.1, -0.05) is 222 Å². The second kappa shape index (κ2) is 44.7. The zero-order chi connectivity index (χ0) is 46.6. The summed E-state index contributed by atoms with van der Waals surface area (Å²) in [5, 5.41) is 54.1. The highest BCUT2D eigenvalue weighted by molar-refractivity contribution is 5.76. The molecule has 7 atom stereocenters. The van der Waals surface area contributed by atoms with E-state index in [0.29, 0.717) is 12.8 Å². The maximum atomic E-state index is 12.9. The summed E-state index contributed by atoms with van der Waals surface area (Å²) in [5.41, 5.74) is 0. The van der Waals surface area contributed by atoms with Crippen LogP contribution < -0.4 is 5.32 Å². The lowest BCUT2D eigenvalue weighted by molar-refractivity contribution is -0.302. The van der Waals surface area contributed by atoms with Gasteiger partial charge in [-0.25, -0.2) is 0 Å². The number of hydrogen-bond donors (Lipinski definition) is 6. The summed E-state index contributed by atoms with van der Waals surface area (Å²) in [6.45, 7) is 3.65. The van der Waals surface area contributed by atoms with Gasteiger partial charge in [-0.3, -0.25) is 4.79 Å². The zero-order valence-corrected chi connectivity index (χ0v) is 41.0. The summed E-state index contributed by atoms with van der Waals surface area (Å²) >= 11 is 0. The predicted molar refractivity (Wildman–Crippen MR) is 267 cm³/mol. The standard InChI is InChI=1S/C55H99NO8/c1-3-5-7-9-11-12-13-14-15-16-17-18-19-20-21-22-23-24-25-26-27-28-29-30-31-32-33-34-35-36-37-38-39-41-43-45-51(59)56-48(49(58)44-42-40-10-8-6-4-2)47-63-55-54(62)53(61)52(60)50(46-57)64-55/h5,7,11-12,14-15,17-18,20-21,48-50,52-55,57-58,60-62H,3-4,6,8-10,13,16,19,22-47H2,1-2H3,(H,56,59)/b7-5-,12-11-,15-14-,18-17-,21-20-. The first-order chi connectivity index (χ1) is 31.3. The quantitative estimate of drug-likeness (QED) is 0.0262. The van der Waals surface area contributed by atoms with Crippen LogP contribution in [0.2, 0.25) is 0 Å². The van der Waals surface area contributed by atoms with Gasteiger partial charge in [0.15, 0.2) is 6.29 Å². The van der Waals surface area contributed by atoms with Crippen LogP contribution in [-0.4, -0.2) is 87.5 Å². The molecule has 0 spiro atoms. The van der Waals surface area contributed by atoms with Crippen molar-refractivity contribution in [2.24, 2.45) is 0 Å². The minimum atomic E-state index is -1.55. The first-order valence-electron chi connectivity index (χ1n) is 26.5. The van der Waals surface area contributed by atoms with Crippen LogP contribution in [0.4, 0.5) is 0 Å². The number of nitrogens with one attached hydrogen (secondary N) is 1. The minimum absolute atomic E-state index is 0.139. The topological polar surface area (TPSA) is 149 Å². The third-order valence-corrected chi connectivity index (χ3v) is 12.4. The molecule has 7 unspecified atom stereocenters. The van der Waals surface area contributed by atoms with E-state index >= 15 is 0 Å². The van der Waals surface area contributed by atoms with Crippen molar-refractivity contribution in [1.29, 1.82) is 0 Å². The number of amides is 1. The highest BCUT2D eigenvalue weighted by atomic mass is 16.7. The minimum Gasteiger partial charge on any atom is -0.394 e. The Morgan fingerprint density at radius 3 is 1.44 bits per heavy atom. The number of hydrogen-bond acceptors (Lipinski definition) is 8. The molecule has 64 heavy (non-hydrogen) atoms. The molecule has 9 nitrogen and oxygen atoms in total. The van der Waals surface area contributed by atoms with Gasteiger partial charge in [0.2, 0.25) is 5.91 Å². The lowest BCUT2D eigenvalue weighted by atomic mass is 9.99. The van der Waals surface area contributed by atoms with E-state index in [1.165, 1.54) is 128 Å². The number of aliphatic hydroxyl groups is 5. The smallest absolute Gasteiger partial charge is 0.220 e. The van der Waals surface area contributed by atoms with Crippen LogP contribution in [0.5, 0.6) is 0 Å². The van der Waals surface area contributed by atoms with Crippen molar-refractivity contribution >= 4 is 5.91 Å². The Kier molecular flexibility index (Phi) is 41.9. The maximum Gasteiger partial charge on any atom is 0.220 e. The van der Waals surface area contributed by atoms with E-state index in [4.69, 9.17) is 9.47 Å². The molecule has 0 bridgehead atoms. The summed E-state index contributed by atoms with van der Waals surface area (Å²) < 4.78 is 11.2. The van der Waals surface area contributed by atoms with Gasteiger partial charge in [-0.2, -0.15) is 0 Å². The van der Waals surface area contributed by atoms with Crippen molar-refractivity contribution in [2.45, 2.75) is 269 Å².